The van der Waals surface area contributed by atoms with E-state index in [4.69, 9.17) is 5.11 Å². The Hall–Kier alpha value is -0.890. The quantitative estimate of drug-likeness (QED) is 0.514. The van der Waals surface area contributed by atoms with Gasteiger partial charge in [0.2, 0.25) is 0 Å². The summed E-state index contributed by atoms with van der Waals surface area (Å²) in [6.07, 6.45) is 3.96. The lowest BCUT2D eigenvalue weighted by Gasteiger charge is -2.09. The molecule has 2 heteroatoms. The number of aliphatic hydroxyl groups is 1. The van der Waals surface area contributed by atoms with Crippen molar-refractivity contribution in [2.24, 2.45) is 0 Å². The van der Waals surface area contributed by atoms with E-state index in [1.54, 1.807) is 0 Å². The topological polar surface area (TPSA) is 20.2 Å². The maximum Gasteiger partial charge on any atom is 0.133 e. The van der Waals surface area contributed by atoms with E-state index in [1.807, 2.05) is 0 Å². The van der Waals surface area contributed by atoms with Crippen LogP contribution in [0.15, 0.2) is 30.1 Å². The Morgan fingerprint density at radius 1 is 1.78 bits per heavy atom. The normalized spacial score (nSPS) is 26.2. The van der Waals surface area contributed by atoms with E-state index in [0.717, 1.165) is 0 Å². The van der Waals surface area contributed by atoms with Gasteiger partial charge in [-0.05, 0) is 17.7 Å². The van der Waals surface area contributed by atoms with Gasteiger partial charge in [-0.15, -0.1) is 0 Å². The molecule has 1 aliphatic carbocycles. The second kappa shape index (κ2) is 2.15. The van der Waals surface area contributed by atoms with Crippen LogP contribution in [-0.2, 0) is 0 Å². The van der Waals surface area contributed by atoms with E-state index in [1.165, 1.54) is 12.2 Å². The van der Waals surface area contributed by atoms with E-state index in [-0.39, 0.29) is 5.57 Å². The van der Waals surface area contributed by atoms with Gasteiger partial charge in [0.25, 0.3) is 0 Å². The Morgan fingerprint density at radius 3 is 2.89 bits per heavy atom. The fourth-order valence-corrected chi connectivity index (χ4v) is 0.565. The lowest BCUT2D eigenvalue weighted by Crippen LogP contribution is -2.10. The molecule has 0 bridgehead atoms. The highest BCUT2D eigenvalue weighted by atomic mass is 19.1. The number of hydrogen-bond acceptors (Lipinski definition) is 1. The molecule has 0 amide bonds. The molecular formula is C7H6FO. The molecule has 0 heterocycles. The largest absolute Gasteiger partial charge is 0.381 e. The van der Waals surface area contributed by atoms with Crippen molar-refractivity contribution in [3.05, 3.63) is 36.2 Å². The van der Waals surface area contributed by atoms with Gasteiger partial charge in [-0.3, -0.25) is 0 Å². The monoisotopic (exact) mass is 125 g/mol. The highest BCUT2D eigenvalue weighted by Crippen LogP contribution is 2.16. The molecule has 0 saturated carbocycles. The van der Waals surface area contributed by atoms with E-state index in [2.05, 4.69) is 12.7 Å². The first-order valence-corrected chi connectivity index (χ1v) is 2.54. The molecule has 1 radical (unpaired) electrons. The number of halogens is 1. The first kappa shape index (κ1) is 6.23. The van der Waals surface area contributed by atoms with Crippen LogP contribution in [0.2, 0.25) is 0 Å². The molecule has 1 aliphatic rings. The van der Waals surface area contributed by atoms with Crippen LogP contribution in [0.4, 0.5) is 4.39 Å². The number of allylic oxidation sites excluding steroid dienone is 2. The van der Waals surface area contributed by atoms with Crippen molar-refractivity contribution in [3.8, 4) is 0 Å². The van der Waals surface area contributed by atoms with E-state index < -0.39 is 11.9 Å². The Kier molecular flexibility index (Phi) is 1.49. The third kappa shape index (κ3) is 1.08. The average molecular weight is 125 g/mol. The second-order valence-corrected chi connectivity index (χ2v) is 1.79. The first-order chi connectivity index (χ1) is 4.22. The van der Waals surface area contributed by atoms with Crippen LogP contribution in [-0.4, -0.2) is 11.2 Å². The Balaban J connectivity index is 2.86. The summed E-state index contributed by atoms with van der Waals surface area (Å²) in [7, 11) is 0. The first-order valence-electron chi connectivity index (χ1n) is 2.54. The van der Waals surface area contributed by atoms with Gasteiger partial charge in [0.1, 0.15) is 11.9 Å². The third-order valence-corrected chi connectivity index (χ3v) is 1.10. The van der Waals surface area contributed by atoms with Crippen LogP contribution in [0.25, 0.3) is 0 Å². The second-order valence-electron chi connectivity index (χ2n) is 1.79. The van der Waals surface area contributed by atoms with Crippen LogP contribution in [0.3, 0.4) is 0 Å². The zero-order chi connectivity index (χ0) is 6.85. The minimum Gasteiger partial charge on any atom is -0.381 e. The van der Waals surface area contributed by atoms with Crippen molar-refractivity contribution in [1.82, 2.24) is 0 Å². The van der Waals surface area contributed by atoms with Crippen LogP contribution in [0.5, 0.6) is 0 Å². The summed E-state index contributed by atoms with van der Waals surface area (Å²) in [6.45, 7) is 3.37. The van der Waals surface area contributed by atoms with Gasteiger partial charge < -0.3 is 5.11 Å². The molecule has 0 aromatic carbocycles. The van der Waals surface area contributed by atoms with Crippen molar-refractivity contribution < 1.29 is 9.50 Å². The predicted molar refractivity (Wildman–Crippen MR) is 32.2 cm³/mol. The standard InChI is InChI=1S/C7H6FO/c1-5-3-2-4-6(8)7(5)9/h2,4,7,9H,1H2. The zero-order valence-corrected chi connectivity index (χ0v) is 4.76. The number of rotatable bonds is 0. The van der Waals surface area contributed by atoms with Gasteiger partial charge in [-0.2, -0.15) is 0 Å². The van der Waals surface area contributed by atoms with Crippen LogP contribution in [0.1, 0.15) is 0 Å². The molecule has 0 aromatic rings. The summed E-state index contributed by atoms with van der Waals surface area (Å²) in [5, 5.41) is 8.82. The summed E-state index contributed by atoms with van der Waals surface area (Å²) in [4.78, 5) is 0. The van der Waals surface area contributed by atoms with E-state index in [0.29, 0.717) is 0 Å². The Labute approximate surface area is 52.8 Å². The van der Waals surface area contributed by atoms with Crippen molar-refractivity contribution in [3.63, 3.8) is 0 Å². The molecule has 0 aromatic heterocycles. The molecule has 1 rings (SSSR count). The lowest BCUT2D eigenvalue weighted by molar-refractivity contribution is 0.218. The van der Waals surface area contributed by atoms with Gasteiger partial charge in [0.15, 0.2) is 0 Å². The Bertz CT molecular complexity index is 191. The minimum absolute atomic E-state index is 0.273. The van der Waals surface area contributed by atoms with Gasteiger partial charge >= 0.3 is 0 Å². The summed E-state index contributed by atoms with van der Waals surface area (Å²) in [6, 6.07) is 0. The molecule has 9 heavy (non-hydrogen) atoms. The molecule has 47 valence electrons. The van der Waals surface area contributed by atoms with Gasteiger partial charge in [-0.1, -0.05) is 12.7 Å². The smallest absolute Gasteiger partial charge is 0.133 e. The average Bonchev–Trinajstić information content (AvgIpc) is 1.83. The van der Waals surface area contributed by atoms with E-state index >= 15 is 0 Å². The minimum atomic E-state index is -1.17. The molecule has 0 fully saturated rings. The molecule has 1 unspecified atom stereocenters. The molecule has 1 N–H and O–H groups in total. The lowest BCUT2D eigenvalue weighted by atomic mass is 10.1. The molecule has 0 aliphatic heterocycles. The van der Waals surface area contributed by atoms with Crippen molar-refractivity contribution >= 4 is 0 Å². The van der Waals surface area contributed by atoms with E-state index in [9.17, 15) is 4.39 Å². The fourth-order valence-electron chi connectivity index (χ4n) is 0.565. The molecule has 1 nitrogen and oxygen atoms in total. The SMILES string of the molecule is C=C1[C]=CC=C(F)C1O. The number of aliphatic hydroxyl groups excluding tert-OH is 1. The van der Waals surface area contributed by atoms with Crippen LogP contribution < -0.4 is 0 Å². The summed E-state index contributed by atoms with van der Waals surface area (Å²) in [5.41, 5.74) is 0.273. The molecule has 0 saturated heterocycles. The van der Waals surface area contributed by atoms with Gasteiger partial charge in [0, 0.05) is 0 Å². The maximum atomic E-state index is 12.3. The molecule has 0 spiro atoms. The Morgan fingerprint density at radius 2 is 2.44 bits per heavy atom. The van der Waals surface area contributed by atoms with Crippen molar-refractivity contribution in [2.45, 2.75) is 6.10 Å². The third-order valence-electron chi connectivity index (χ3n) is 1.10. The summed E-state index contributed by atoms with van der Waals surface area (Å²) in [5.74, 6) is -0.571. The highest BCUT2D eigenvalue weighted by molar-refractivity contribution is 5.30. The van der Waals surface area contributed by atoms with Crippen molar-refractivity contribution in [1.29, 1.82) is 0 Å². The zero-order valence-electron chi connectivity index (χ0n) is 4.76. The summed E-state index contributed by atoms with van der Waals surface area (Å²) >= 11 is 0. The number of hydrogen-bond donors (Lipinski definition) is 1. The maximum absolute atomic E-state index is 12.3. The molecule has 1 atom stereocenters. The van der Waals surface area contributed by atoms with Crippen LogP contribution in [0, 0.1) is 6.08 Å². The summed E-state index contributed by atoms with van der Waals surface area (Å²) < 4.78 is 12.3. The molecular weight excluding hydrogens is 119 g/mol. The highest BCUT2D eigenvalue weighted by Gasteiger charge is 2.14. The fraction of sp³-hybridized carbons (Fsp3) is 0.143. The van der Waals surface area contributed by atoms with Gasteiger partial charge in [0.05, 0.1) is 0 Å². The van der Waals surface area contributed by atoms with Crippen LogP contribution >= 0.6 is 0 Å². The predicted octanol–water partition coefficient (Wildman–Crippen LogP) is 1.13. The van der Waals surface area contributed by atoms with Gasteiger partial charge in [-0.25, -0.2) is 4.39 Å². The van der Waals surface area contributed by atoms with Crippen molar-refractivity contribution in [2.75, 3.05) is 0 Å².